The highest BCUT2D eigenvalue weighted by atomic mass is 32.2. The van der Waals surface area contributed by atoms with Crippen molar-refractivity contribution in [3.05, 3.63) is 89.7 Å². The minimum absolute atomic E-state index is 0.00846. The van der Waals surface area contributed by atoms with Crippen LogP contribution in [0.5, 0.6) is 11.5 Å². The monoisotopic (exact) mass is 625 g/mol. The molecule has 0 radical (unpaired) electrons. The SMILES string of the molecule is COc1ccc(OC)c(N(CC(=O)N(Cc2ccc(F)cc2)C(Cc2ccccc2)C(=O)NC2CCCCC2)S(C)(=O)=O)c1. The van der Waals surface area contributed by atoms with E-state index in [9.17, 15) is 22.4 Å². The van der Waals surface area contributed by atoms with Gasteiger partial charge in [0.25, 0.3) is 0 Å². The molecule has 1 aliphatic rings. The van der Waals surface area contributed by atoms with Crippen molar-refractivity contribution in [3.8, 4) is 11.5 Å². The van der Waals surface area contributed by atoms with Crippen LogP contribution in [-0.4, -0.2) is 64.2 Å². The Morgan fingerprint density at radius 3 is 2.23 bits per heavy atom. The summed E-state index contributed by atoms with van der Waals surface area (Å²) >= 11 is 0. The standard InChI is InChI=1S/C33H40FN3O6S/c1-42-28-18-19-31(43-2)29(21-28)37(44(3,40)41)23-32(38)36(22-25-14-16-26(34)17-15-25)30(20-24-10-6-4-7-11-24)33(39)35-27-12-8-5-9-13-27/h4,6-7,10-11,14-19,21,27,30H,5,8-9,12-13,20,22-23H2,1-3H3,(H,35,39). The molecule has 0 bridgehead atoms. The van der Waals surface area contributed by atoms with Crippen LogP contribution >= 0.6 is 0 Å². The highest BCUT2D eigenvalue weighted by Gasteiger charge is 2.34. The zero-order valence-corrected chi connectivity index (χ0v) is 26.2. The number of carbonyl (C=O) groups is 2. The van der Waals surface area contributed by atoms with E-state index < -0.39 is 34.3 Å². The zero-order valence-electron chi connectivity index (χ0n) is 25.4. The predicted molar refractivity (Wildman–Crippen MR) is 168 cm³/mol. The number of amides is 2. The Balaban J connectivity index is 1.75. The molecule has 1 atom stereocenters. The molecule has 1 aliphatic carbocycles. The van der Waals surface area contributed by atoms with E-state index in [1.54, 1.807) is 24.3 Å². The van der Waals surface area contributed by atoms with Gasteiger partial charge in [0, 0.05) is 25.1 Å². The van der Waals surface area contributed by atoms with Gasteiger partial charge < -0.3 is 19.7 Å². The summed E-state index contributed by atoms with van der Waals surface area (Å²) in [7, 11) is -1.16. The summed E-state index contributed by atoms with van der Waals surface area (Å²) in [6.07, 6.45) is 6.05. The molecule has 44 heavy (non-hydrogen) atoms. The molecule has 9 nitrogen and oxygen atoms in total. The third-order valence-corrected chi connectivity index (χ3v) is 8.95. The number of benzene rings is 3. The minimum atomic E-state index is -4.01. The van der Waals surface area contributed by atoms with Crippen LogP contribution in [0.4, 0.5) is 10.1 Å². The van der Waals surface area contributed by atoms with Crippen LogP contribution in [0.2, 0.25) is 0 Å². The van der Waals surface area contributed by atoms with Crippen LogP contribution in [0.15, 0.2) is 72.8 Å². The second-order valence-electron chi connectivity index (χ2n) is 11.0. The van der Waals surface area contributed by atoms with Crippen LogP contribution in [0.3, 0.4) is 0 Å². The second kappa shape index (κ2) is 15.1. The van der Waals surface area contributed by atoms with Gasteiger partial charge in [0.1, 0.15) is 29.9 Å². The molecule has 0 aromatic heterocycles. The predicted octanol–water partition coefficient (Wildman–Crippen LogP) is 4.70. The quantitative estimate of drug-likeness (QED) is 0.295. The average molecular weight is 626 g/mol. The number of methoxy groups -OCH3 is 2. The maximum Gasteiger partial charge on any atom is 0.244 e. The maximum atomic E-state index is 14.3. The maximum absolute atomic E-state index is 14.3. The van der Waals surface area contributed by atoms with Crippen LogP contribution in [0, 0.1) is 5.82 Å². The van der Waals surface area contributed by atoms with Crippen LogP contribution in [0.25, 0.3) is 0 Å². The fraction of sp³-hybridized carbons (Fsp3) is 0.394. The van der Waals surface area contributed by atoms with E-state index in [1.165, 1.54) is 37.3 Å². The lowest BCUT2D eigenvalue weighted by molar-refractivity contribution is -0.140. The van der Waals surface area contributed by atoms with Crippen molar-refractivity contribution in [1.82, 2.24) is 10.2 Å². The topological polar surface area (TPSA) is 105 Å². The number of carbonyl (C=O) groups excluding carboxylic acids is 2. The van der Waals surface area contributed by atoms with Crippen molar-refractivity contribution >= 4 is 27.5 Å². The van der Waals surface area contributed by atoms with Crippen molar-refractivity contribution in [2.75, 3.05) is 31.3 Å². The molecule has 0 saturated heterocycles. The van der Waals surface area contributed by atoms with Crippen molar-refractivity contribution in [3.63, 3.8) is 0 Å². The molecular formula is C33H40FN3O6S. The normalized spacial score (nSPS) is 14.4. The lowest BCUT2D eigenvalue weighted by atomic mass is 9.94. The number of sulfonamides is 1. The summed E-state index contributed by atoms with van der Waals surface area (Å²) < 4.78 is 51.8. The highest BCUT2D eigenvalue weighted by Crippen LogP contribution is 2.34. The minimum Gasteiger partial charge on any atom is -0.497 e. The number of nitrogens with one attached hydrogen (secondary N) is 1. The molecular weight excluding hydrogens is 585 g/mol. The lowest BCUT2D eigenvalue weighted by Crippen LogP contribution is -2.55. The first-order valence-corrected chi connectivity index (χ1v) is 16.5. The fourth-order valence-electron chi connectivity index (χ4n) is 5.47. The first-order valence-electron chi connectivity index (χ1n) is 14.7. The van der Waals surface area contributed by atoms with E-state index in [2.05, 4.69) is 5.32 Å². The van der Waals surface area contributed by atoms with Gasteiger partial charge in [-0.3, -0.25) is 13.9 Å². The molecule has 3 aromatic rings. The molecule has 4 rings (SSSR count). The van der Waals surface area contributed by atoms with Gasteiger partial charge in [0.05, 0.1) is 26.2 Å². The number of hydrogen-bond donors (Lipinski definition) is 1. The second-order valence-corrected chi connectivity index (χ2v) is 12.9. The number of rotatable bonds is 13. The summed E-state index contributed by atoms with van der Waals surface area (Å²) in [5, 5.41) is 3.16. The highest BCUT2D eigenvalue weighted by molar-refractivity contribution is 7.92. The van der Waals surface area contributed by atoms with Gasteiger partial charge in [-0.15, -0.1) is 0 Å². The molecule has 1 fully saturated rings. The van der Waals surface area contributed by atoms with Crippen molar-refractivity contribution < 1.29 is 31.9 Å². The molecule has 2 amide bonds. The molecule has 1 saturated carbocycles. The first-order chi connectivity index (χ1) is 21.1. The van der Waals surface area contributed by atoms with E-state index in [0.717, 1.165) is 48.2 Å². The Labute approximate surface area is 259 Å². The van der Waals surface area contributed by atoms with Crippen molar-refractivity contribution in [2.24, 2.45) is 0 Å². The van der Waals surface area contributed by atoms with E-state index >= 15 is 0 Å². The largest absolute Gasteiger partial charge is 0.497 e. The van der Waals surface area contributed by atoms with Crippen LogP contribution in [-0.2, 0) is 32.6 Å². The number of halogens is 1. The Bertz CT molecular complexity index is 1510. The van der Waals surface area contributed by atoms with Crippen LogP contribution in [0.1, 0.15) is 43.2 Å². The number of nitrogens with zero attached hydrogens (tertiary/aromatic N) is 2. The van der Waals surface area contributed by atoms with E-state index in [0.29, 0.717) is 11.3 Å². The van der Waals surface area contributed by atoms with Gasteiger partial charge in [-0.1, -0.05) is 61.7 Å². The Morgan fingerprint density at radius 1 is 0.932 bits per heavy atom. The number of ether oxygens (including phenoxy) is 2. The summed E-state index contributed by atoms with van der Waals surface area (Å²) in [5.74, 6) is -0.759. The third-order valence-electron chi connectivity index (χ3n) is 7.82. The molecule has 0 heterocycles. The number of anilines is 1. The summed E-state index contributed by atoms with van der Waals surface area (Å²) in [6, 6.07) is 18.7. The summed E-state index contributed by atoms with van der Waals surface area (Å²) in [4.78, 5) is 29.7. The van der Waals surface area contributed by atoms with Gasteiger partial charge in [0.2, 0.25) is 21.8 Å². The molecule has 1 unspecified atom stereocenters. The van der Waals surface area contributed by atoms with E-state index in [-0.39, 0.29) is 36.4 Å². The summed E-state index contributed by atoms with van der Waals surface area (Å²) in [5.41, 5.74) is 1.55. The third kappa shape index (κ3) is 8.72. The lowest BCUT2D eigenvalue weighted by Gasteiger charge is -2.35. The van der Waals surface area contributed by atoms with Crippen molar-refractivity contribution in [1.29, 1.82) is 0 Å². The van der Waals surface area contributed by atoms with E-state index in [4.69, 9.17) is 9.47 Å². The van der Waals surface area contributed by atoms with Gasteiger partial charge >= 0.3 is 0 Å². The van der Waals surface area contributed by atoms with Gasteiger partial charge in [-0.05, 0) is 48.2 Å². The molecule has 236 valence electrons. The number of hydrogen-bond acceptors (Lipinski definition) is 6. The van der Waals surface area contributed by atoms with E-state index in [1.807, 2.05) is 30.3 Å². The molecule has 0 spiro atoms. The molecule has 11 heteroatoms. The Morgan fingerprint density at radius 2 is 1.61 bits per heavy atom. The van der Waals surface area contributed by atoms with Gasteiger partial charge in [-0.2, -0.15) is 0 Å². The van der Waals surface area contributed by atoms with Gasteiger partial charge in [-0.25, -0.2) is 12.8 Å². The van der Waals surface area contributed by atoms with Crippen molar-refractivity contribution in [2.45, 2.75) is 57.2 Å². The molecule has 3 aromatic carbocycles. The Hall–Kier alpha value is -4.12. The fourth-order valence-corrected chi connectivity index (χ4v) is 6.32. The summed E-state index contributed by atoms with van der Waals surface area (Å²) in [6.45, 7) is -0.646. The first kappa shape index (κ1) is 32.8. The molecule has 1 N–H and O–H groups in total. The van der Waals surface area contributed by atoms with Crippen LogP contribution < -0.4 is 19.1 Å². The smallest absolute Gasteiger partial charge is 0.244 e. The zero-order chi connectivity index (χ0) is 31.7. The van der Waals surface area contributed by atoms with Gasteiger partial charge in [0.15, 0.2) is 0 Å². The average Bonchev–Trinajstić information content (AvgIpc) is 3.02. The molecule has 0 aliphatic heterocycles. The Kier molecular flexibility index (Phi) is 11.2.